The minimum absolute atomic E-state index is 0.0870. The molecule has 4 rings (SSSR count). The van der Waals surface area contributed by atoms with Crippen molar-refractivity contribution >= 4 is 33.4 Å². The van der Waals surface area contributed by atoms with Gasteiger partial charge in [-0.05, 0) is 28.5 Å². The summed E-state index contributed by atoms with van der Waals surface area (Å²) in [7, 11) is 0. The van der Waals surface area contributed by atoms with Crippen LogP contribution in [-0.2, 0) is 5.75 Å². The monoisotopic (exact) mass is 318 g/mol. The Kier molecular flexibility index (Phi) is 3.60. The van der Waals surface area contributed by atoms with Gasteiger partial charge < -0.3 is 4.98 Å². The van der Waals surface area contributed by atoms with Crippen molar-refractivity contribution in [3.05, 3.63) is 82.6 Å². The SMILES string of the molecule is O=c1[nH]c(SCc2cccc3ccccc23)nc2ccccc12. The first kappa shape index (κ1) is 14.0. The lowest BCUT2D eigenvalue weighted by Gasteiger charge is -2.06. The molecule has 0 atom stereocenters. The molecular weight excluding hydrogens is 304 g/mol. The maximum Gasteiger partial charge on any atom is 0.259 e. The first-order chi connectivity index (χ1) is 11.3. The molecule has 0 aliphatic heterocycles. The van der Waals surface area contributed by atoms with Gasteiger partial charge in [0.15, 0.2) is 5.16 Å². The fraction of sp³-hybridized carbons (Fsp3) is 0.0526. The van der Waals surface area contributed by atoms with Gasteiger partial charge in [0.05, 0.1) is 10.9 Å². The van der Waals surface area contributed by atoms with Crippen LogP contribution in [0.25, 0.3) is 21.7 Å². The molecule has 0 amide bonds. The summed E-state index contributed by atoms with van der Waals surface area (Å²) in [5.41, 5.74) is 1.89. The minimum Gasteiger partial charge on any atom is -0.301 e. The highest BCUT2D eigenvalue weighted by molar-refractivity contribution is 7.98. The van der Waals surface area contributed by atoms with Crippen LogP contribution in [0.1, 0.15) is 5.56 Å². The second kappa shape index (κ2) is 5.89. The fourth-order valence-corrected chi connectivity index (χ4v) is 3.57. The second-order valence-corrected chi connectivity index (χ2v) is 6.28. The first-order valence-corrected chi connectivity index (χ1v) is 8.38. The molecule has 1 aromatic heterocycles. The summed E-state index contributed by atoms with van der Waals surface area (Å²) in [6, 6.07) is 22.0. The van der Waals surface area contributed by atoms with Crippen molar-refractivity contribution in [2.75, 3.05) is 0 Å². The molecule has 0 aliphatic rings. The van der Waals surface area contributed by atoms with Crippen LogP contribution in [0.15, 0.2) is 76.7 Å². The van der Waals surface area contributed by atoms with Gasteiger partial charge in [-0.15, -0.1) is 0 Å². The molecule has 112 valence electrons. The number of benzene rings is 3. The Morgan fingerprint density at radius 2 is 1.61 bits per heavy atom. The molecule has 0 spiro atoms. The van der Waals surface area contributed by atoms with E-state index in [1.807, 2.05) is 30.3 Å². The van der Waals surface area contributed by atoms with E-state index in [-0.39, 0.29) is 5.56 Å². The number of hydrogen-bond donors (Lipinski definition) is 1. The number of nitrogens with one attached hydrogen (secondary N) is 1. The van der Waals surface area contributed by atoms with Crippen molar-refractivity contribution in [2.45, 2.75) is 10.9 Å². The molecule has 0 aliphatic carbocycles. The largest absolute Gasteiger partial charge is 0.301 e. The van der Waals surface area contributed by atoms with Gasteiger partial charge in [-0.25, -0.2) is 4.98 Å². The summed E-state index contributed by atoms with van der Waals surface area (Å²) in [6.07, 6.45) is 0. The zero-order valence-electron chi connectivity index (χ0n) is 12.3. The van der Waals surface area contributed by atoms with E-state index in [9.17, 15) is 4.79 Å². The van der Waals surface area contributed by atoms with Crippen LogP contribution >= 0.6 is 11.8 Å². The molecule has 0 saturated carbocycles. The molecule has 3 aromatic carbocycles. The number of hydrogen-bond acceptors (Lipinski definition) is 3. The quantitative estimate of drug-likeness (QED) is 0.451. The topological polar surface area (TPSA) is 45.8 Å². The number of aromatic amines is 1. The van der Waals surface area contributed by atoms with E-state index >= 15 is 0 Å². The highest BCUT2D eigenvalue weighted by Gasteiger charge is 2.06. The number of nitrogens with zero attached hydrogens (tertiary/aromatic N) is 1. The Morgan fingerprint density at radius 3 is 2.52 bits per heavy atom. The maximum atomic E-state index is 12.1. The van der Waals surface area contributed by atoms with Crippen molar-refractivity contribution in [2.24, 2.45) is 0 Å². The third-order valence-corrected chi connectivity index (χ3v) is 4.76. The molecule has 1 heterocycles. The van der Waals surface area contributed by atoms with E-state index in [0.29, 0.717) is 10.5 Å². The average molecular weight is 318 g/mol. The van der Waals surface area contributed by atoms with E-state index in [1.165, 1.54) is 16.3 Å². The van der Waals surface area contributed by atoms with E-state index in [1.54, 1.807) is 17.8 Å². The normalized spacial score (nSPS) is 11.1. The van der Waals surface area contributed by atoms with Crippen LogP contribution in [0.3, 0.4) is 0 Å². The van der Waals surface area contributed by atoms with Crippen molar-refractivity contribution in [3.63, 3.8) is 0 Å². The van der Waals surface area contributed by atoms with E-state index in [2.05, 4.69) is 40.3 Å². The predicted molar refractivity (Wildman–Crippen MR) is 95.9 cm³/mol. The zero-order valence-corrected chi connectivity index (χ0v) is 13.1. The number of H-pyrrole nitrogens is 1. The van der Waals surface area contributed by atoms with E-state index in [4.69, 9.17) is 0 Å². The van der Waals surface area contributed by atoms with Crippen LogP contribution < -0.4 is 5.56 Å². The Balaban J connectivity index is 1.67. The van der Waals surface area contributed by atoms with Crippen molar-refractivity contribution < 1.29 is 0 Å². The third-order valence-electron chi connectivity index (χ3n) is 3.84. The molecule has 0 radical (unpaired) electrons. The van der Waals surface area contributed by atoms with Gasteiger partial charge in [-0.1, -0.05) is 66.4 Å². The molecule has 1 N–H and O–H groups in total. The lowest BCUT2D eigenvalue weighted by atomic mass is 10.1. The van der Waals surface area contributed by atoms with Crippen LogP contribution in [0.2, 0.25) is 0 Å². The van der Waals surface area contributed by atoms with Crippen LogP contribution in [0, 0.1) is 0 Å². The number of thioether (sulfide) groups is 1. The number of para-hydroxylation sites is 1. The molecule has 0 saturated heterocycles. The second-order valence-electron chi connectivity index (χ2n) is 5.32. The van der Waals surface area contributed by atoms with Crippen LogP contribution in [-0.4, -0.2) is 9.97 Å². The number of rotatable bonds is 3. The summed E-state index contributed by atoms with van der Waals surface area (Å²) < 4.78 is 0. The molecule has 3 nitrogen and oxygen atoms in total. The Hall–Kier alpha value is -2.59. The van der Waals surface area contributed by atoms with E-state index in [0.717, 1.165) is 11.3 Å². The molecule has 0 bridgehead atoms. The summed E-state index contributed by atoms with van der Waals surface area (Å²) in [6.45, 7) is 0. The van der Waals surface area contributed by atoms with Gasteiger partial charge in [-0.3, -0.25) is 4.79 Å². The van der Waals surface area contributed by atoms with Gasteiger partial charge in [-0.2, -0.15) is 0 Å². The Labute approximate surface area is 137 Å². The van der Waals surface area contributed by atoms with Gasteiger partial charge in [0.1, 0.15) is 0 Å². The fourth-order valence-electron chi connectivity index (χ4n) is 2.70. The summed E-state index contributed by atoms with van der Waals surface area (Å²) in [4.78, 5) is 19.5. The summed E-state index contributed by atoms with van der Waals surface area (Å²) in [5, 5.41) is 3.75. The third kappa shape index (κ3) is 2.73. The smallest absolute Gasteiger partial charge is 0.259 e. The minimum atomic E-state index is -0.0870. The standard InChI is InChI=1S/C19H14N2OS/c22-18-16-10-3-4-11-17(16)20-19(21-18)23-12-14-8-5-7-13-6-1-2-9-15(13)14/h1-11H,12H2,(H,20,21,22). The zero-order chi connectivity index (χ0) is 15.6. The predicted octanol–water partition coefficient (Wildman–Crippen LogP) is 4.37. The summed E-state index contributed by atoms with van der Waals surface area (Å²) in [5.74, 6) is 0.767. The average Bonchev–Trinajstić information content (AvgIpc) is 2.60. The maximum absolute atomic E-state index is 12.1. The van der Waals surface area contributed by atoms with Crippen molar-refractivity contribution in [1.29, 1.82) is 0 Å². The Morgan fingerprint density at radius 1 is 0.870 bits per heavy atom. The van der Waals surface area contributed by atoms with Gasteiger partial charge >= 0.3 is 0 Å². The van der Waals surface area contributed by atoms with Crippen molar-refractivity contribution in [1.82, 2.24) is 9.97 Å². The lowest BCUT2D eigenvalue weighted by molar-refractivity contribution is 0.974. The Bertz CT molecular complexity index is 1050. The lowest BCUT2D eigenvalue weighted by Crippen LogP contribution is -2.08. The van der Waals surface area contributed by atoms with E-state index < -0.39 is 0 Å². The molecule has 0 unspecified atom stereocenters. The molecule has 4 heteroatoms. The molecule has 4 aromatic rings. The number of aromatic nitrogens is 2. The van der Waals surface area contributed by atoms with Gasteiger partial charge in [0.2, 0.25) is 0 Å². The highest BCUT2D eigenvalue weighted by Crippen LogP contribution is 2.25. The molecule has 0 fully saturated rings. The van der Waals surface area contributed by atoms with Gasteiger partial charge in [0.25, 0.3) is 5.56 Å². The first-order valence-electron chi connectivity index (χ1n) is 7.40. The highest BCUT2D eigenvalue weighted by atomic mass is 32.2. The van der Waals surface area contributed by atoms with Crippen LogP contribution in [0.4, 0.5) is 0 Å². The molecule has 23 heavy (non-hydrogen) atoms. The van der Waals surface area contributed by atoms with Crippen molar-refractivity contribution in [3.8, 4) is 0 Å². The molecular formula is C19H14N2OS. The number of fused-ring (bicyclic) bond motifs is 2. The summed E-state index contributed by atoms with van der Waals surface area (Å²) >= 11 is 1.55. The van der Waals surface area contributed by atoms with Crippen LogP contribution in [0.5, 0.6) is 0 Å². The van der Waals surface area contributed by atoms with Gasteiger partial charge in [0, 0.05) is 5.75 Å².